The van der Waals surface area contributed by atoms with E-state index in [-0.39, 0.29) is 3.57 Å². The van der Waals surface area contributed by atoms with Gasteiger partial charge in [0, 0.05) is 14.7 Å². The highest BCUT2D eigenvalue weighted by Gasteiger charge is 2.33. The van der Waals surface area contributed by atoms with Crippen LogP contribution in [0.4, 0.5) is 22.0 Å². The normalized spacial score (nSPS) is 12.0. The Morgan fingerprint density at radius 3 is 2.18 bits per heavy atom. The molecule has 0 saturated heterocycles. The molecule has 0 amide bonds. The molecule has 17 heavy (non-hydrogen) atoms. The first-order chi connectivity index (χ1) is 7.64. The zero-order chi connectivity index (χ0) is 13.4. The van der Waals surface area contributed by atoms with Crippen molar-refractivity contribution in [3.8, 4) is 0 Å². The quantitative estimate of drug-likeness (QED) is 0.431. The minimum absolute atomic E-state index is 0.266. The van der Waals surface area contributed by atoms with E-state index in [0.717, 1.165) is 6.92 Å². The van der Waals surface area contributed by atoms with Crippen LogP contribution < -0.4 is 0 Å². The molecular formula is C10H6F5IO. The van der Waals surface area contributed by atoms with Gasteiger partial charge in [0.25, 0.3) is 6.43 Å². The summed E-state index contributed by atoms with van der Waals surface area (Å²) in [4.78, 5) is 11.1. The zero-order valence-corrected chi connectivity index (χ0v) is 10.6. The van der Waals surface area contributed by atoms with Gasteiger partial charge in [-0.3, -0.25) is 4.79 Å². The molecule has 0 fully saturated rings. The molecule has 0 saturated carbocycles. The lowest BCUT2D eigenvalue weighted by Crippen LogP contribution is -2.11. The van der Waals surface area contributed by atoms with Crippen molar-refractivity contribution in [2.24, 2.45) is 0 Å². The van der Waals surface area contributed by atoms with Crippen LogP contribution in [-0.2, 0) is 6.18 Å². The van der Waals surface area contributed by atoms with Gasteiger partial charge in [0.15, 0.2) is 5.78 Å². The number of carbonyl (C=O) groups is 1. The number of carbonyl (C=O) groups excluding carboxylic acids is 1. The summed E-state index contributed by atoms with van der Waals surface area (Å²) < 4.78 is 62.3. The van der Waals surface area contributed by atoms with E-state index in [2.05, 4.69) is 0 Å². The highest BCUT2D eigenvalue weighted by molar-refractivity contribution is 14.1. The van der Waals surface area contributed by atoms with E-state index in [4.69, 9.17) is 0 Å². The number of hydrogen-bond acceptors (Lipinski definition) is 1. The summed E-state index contributed by atoms with van der Waals surface area (Å²) in [7, 11) is 0. The maximum absolute atomic E-state index is 12.6. The van der Waals surface area contributed by atoms with Crippen LogP contribution in [0.1, 0.15) is 34.8 Å². The highest BCUT2D eigenvalue weighted by atomic mass is 127. The average molecular weight is 364 g/mol. The minimum atomic E-state index is -4.66. The van der Waals surface area contributed by atoms with Crippen molar-refractivity contribution in [3.63, 3.8) is 0 Å². The Balaban J connectivity index is 3.53. The van der Waals surface area contributed by atoms with Gasteiger partial charge < -0.3 is 0 Å². The second kappa shape index (κ2) is 4.87. The minimum Gasteiger partial charge on any atom is -0.294 e. The Kier molecular flexibility index (Phi) is 4.11. The lowest BCUT2D eigenvalue weighted by atomic mass is 10.0. The summed E-state index contributed by atoms with van der Waals surface area (Å²) in [6.45, 7) is 0.956. The summed E-state index contributed by atoms with van der Waals surface area (Å²) in [5, 5.41) is 0. The Labute approximate surface area is 107 Å². The van der Waals surface area contributed by atoms with Crippen LogP contribution in [0.3, 0.4) is 0 Å². The second-order valence-electron chi connectivity index (χ2n) is 3.27. The molecule has 1 nitrogen and oxygen atoms in total. The molecule has 1 aromatic rings. The number of rotatable bonds is 2. The van der Waals surface area contributed by atoms with Crippen molar-refractivity contribution < 1.29 is 26.7 Å². The average Bonchev–Trinajstić information content (AvgIpc) is 2.13. The van der Waals surface area contributed by atoms with Gasteiger partial charge in [-0.2, -0.15) is 13.2 Å². The molecule has 0 aliphatic carbocycles. The molecule has 7 heteroatoms. The molecule has 0 aliphatic heterocycles. The van der Waals surface area contributed by atoms with E-state index < -0.39 is 35.1 Å². The van der Waals surface area contributed by atoms with Crippen molar-refractivity contribution in [2.75, 3.05) is 0 Å². The number of hydrogen-bond donors (Lipinski definition) is 0. The van der Waals surface area contributed by atoms with Gasteiger partial charge in [-0.1, -0.05) is 0 Å². The van der Waals surface area contributed by atoms with Gasteiger partial charge in [0.05, 0.1) is 5.56 Å². The molecule has 0 spiro atoms. The van der Waals surface area contributed by atoms with Crippen LogP contribution in [0.5, 0.6) is 0 Å². The zero-order valence-electron chi connectivity index (χ0n) is 8.41. The molecule has 0 bridgehead atoms. The van der Waals surface area contributed by atoms with E-state index in [9.17, 15) is 26.7 Å². The summed E-state index contributed by atoms with van der Waals surface area (Å²) in [6.07, 6.45) is -7.65. The van der Waals surface area contributed by atoms with Crippen LogP contribution in [0, 0.1) is 3.57 Å². The summed E-state index contributed by atoms with van der Waals surface area (Å²) in [6, 6.07) is 1.07. The van der Waals surface area contributed by atoms with Gasteiger partial charge in [-0.15, -0.1) is 0 Å². The number of halogens is 6. The number of benzene rings is 1. The molecular weight excluding hydrogens is 358 g/mol. The standard InChI is InChI=1S/C10H6F5IO/c1-4(17)6-2-5(10(13,14)15)3-7(16)8(6)9(11)12/h2-3,9H,1H3. The Morgan fingerprint density at radius 2 is 1.82 bits per heavy atom. The summed E-state index contributed by atoms with van der Waals surface area (Å²) in [5.74, 6) is -0.815. The largest absolute Gasteiger partial charge is 0.416 e. The molecule has 0 aliphatic rings. The molecule has 1 aromatic carbocycles. The Hall–Kier alpha value is -0.730. The van der Waals surface area contributed by atoms with Gasteiger partial charge in [-0.05, 0) is 41.6 Å². The first kappa shape index (κ1) is 14.3. The third-order valence-electron chi connectivity index (χ3n) is 2.05. The number of ketones is 1. The highest BCUT2D eigenvalue weighted by Crippen LogP contribution is 2.36. The summed E-state index contributed by atoms with van der Waals surface area (Å²) in [5.41, 5.74) is -2.33. The molecule has 1 rings (SSSR count). The van der Waals surface area contributed by atoms with E-state index in [1.807, 2.05) is 0 Å². The number of alkyl halides is 5. The van der Waals surface area contributed by atoms with Crippen molar-refractivity contribution in [1.29, 1.82) is 0 Å². The van der Waals surface area contributed by atoms with Crippen LogP contribution in [0.15, 0.2) is 12.1 Å². The molecule has 0 N–H and O–H groups in total. The molecule has 0 aromatic heterocycles. The maximum atomic E-state index is 12.6. The van der Waals surface area contributed by atoms with E-state index in [1.165, 1.54) is 22.6 Å². The lowest BCUT2D eigenvalue weighted by Gasteiger charge is -2.13. The van der Waals surface area contributed by atoms with Crippen molar-refractivity contribution >= 4 is 28.4 Å². The fraction of sp³-hybridized carbons (Fsp3) is 0.300. The predicted octanol–water partition coefficient (Wildman–Crippen LogP) is 4.45. The third kappa shape index (κ3) is 3.14. The molecule has 94 valence electrons. The fourth-order valence-electron chi connectivity index (χ4n) is 1.29. The summed E-state index contributed by atoms with van der Waals surface area (Å²) >= 11 is 1.37. The Bertz CT molecular complexity index is 453. The first-order valence-electron chi connectivity index (χ1n) is 4.34. The van der Waals surface area contributed by atoms with E-state index >= 15 is 0 Å². The van der Waals surface area contributed by atoms with Crippen molar-refractivity contribution in [1.82, 2.24) is 0 Å². The molecule has 0 atom stereocenters. The Morgan fingerprint density at radius 1 is 1.29 bits per heavy atom. The molecule has 0 unspecified atom stereocenters. The van der Waals surface area contributed by atoms with Crippen molar-refractivity contribution in [3.05, 3.63) is 32.4 Å². The van der Waals surface area contributed by atoms with Gasteiger partial charge >= 0.3 is 6.18 Å². The van der Waals surface area contributed by atoms with Crippen LogP contribution >= 0.6 is 22.6 Å². The van der Waals surface area contributed by atoms with Gasteiger partial charge in [-0.25, -0.2) is 8.78 Å². The van der Waals surface area contributed by atoms with Crippen LogP contribution in [-0.4, -0.2) is 5.78 Å². The second-order valence-corrected chi connectivity index (χ2v) is 4.44. The predicted molar refractivity (Wildman–Crippen MR) is 59.1 cm³/mol. The van der Waals surface area contributed by atoms with Crippen molar-refractivity contribution in [2.45, 2.75) is 19.5 Å². The number of Topliss-reactive ketones (excluding diaryl/α,β-unsaturated/α-hetero) is 1. The van der Waals surface area contributed by atoms with Crippen LogP contribution in [0.25, 0.3) is 0 Å². The topological polar surface area (TPSA) is 17.1 Å². The molecule has 0 heterocycles. The van der Waals surface area contributed by atoms with Gasteiger partial charge in [0.1, 0.15) is 0 Å². The van der Waals surface area contributed by atoms with E-state index in [0.29, 0.717) is 12.1 Å². The SMILES string of the molecule is CC(=O)c1cc(C(F)(F)F)cc(I)c1C(F)F. The fourth-order valence-corrected chi connectivity index (χ4v) is 2.16. The maximum Gasteiger partial charge on any atom is 0.416 e. The molecule has 0 radical (unpaired) electrons. The van der Waals surface area contributed by atoms with Gasteiger partial charge in [0.2, 0.25) is 0 Å². The first-order valence-corrected chi connectivity index (χ1v) is 5.42. The monoisotopic (exact) mass is 364 g/mol. The van der Waals surface area contributed by atoms with Crippen LogP contribution in [0.2, 0.25) is 0 Å². The smallest absolute Gasteiger partial charge is 0.294 e. The third-order valence-corrected chi connectivity index (χ3v) is 2.95. The van der Waals surface area contributed by atoms with E-state index in [1.54, 1.807) is 0 Å². The lowest BCUT2D eigenvalue weighted by molar-refractivity contribution is -0.137.